The fraction of sp³-hybridized carbons (Fsp3) is 0.450. The summed E-state index contributed by atoms with van der Waals surface area (Å²) >= 11 is 0. The maximum Gasteiger partial charge on any atom is 0.258 e. The van der Waals surface area contributed by atoms with E-state index in [1.807, 2.05) is 42.5 Å². The number of piperidine rings is 1. The van der Waals surface area contributed by atoms with Gasteiger partial charge in [-0.15, -0.1) is 0 Å². The van der Waals surface area contributed by atoms with Crippen LogP contribution in [0.3, 0.4) is 0 Å². The molecule has 0 aromatic heterocycles. The Kier molecular flexibility index (Phi) is 4.82. The summed E-state index contributed by atoms with van der Waals surface area (Å²) in [6, 6.07) is 13.8. The van der Waals surface area contributed by atoms with E-state index < -0.39 is 10.0 Å². The first-order valence-corrected chi connectivity index (χ1v) is 11.1. The molecule has 2 unspecified atom stereocenters. The first-order chi connectivity index (χ1) is 12.9. The van der Waals surface area contributed by atoms with E-state index in [4.69, 9.17) is 4.74 Å². The molecule has 144 valence electrons. The van der Waals surface area contributed by atoms with E-state index in [0.717, 1.165) is 23.6 Å². The Balaban J connectivity index is 1.32. The van der Waals surface area contributed by atoms with E-state index in [1.165, 1.54) is 6.26 Å². The molecule has 2 atom stereocenters. The number of nitrogens with one attached hydrogen (secondary N) is 1. The molecule has 2 aliphatic heterocycles. The second kappa shape index (κ2) is 7.13. The predicted octanol–water partition coefficient (Wildman–Crippen LogP) is 2.29. The number of benzene rings is 2. The van der Waals surface area contributed by atoms with Gasteiger partial charge in [0.25, 0.3) is 5.91 Å². The summed E-state index contributed by atoms with van der Waals surface area (Å²) in [6.07, 6.45) is 4.36. The molecule has 2 aromatic rings. The summed E-state index contributed by atoms with van der Waals surface area (Å²) < 4.78 is 31.2. The number of hydrogen-bond acceptors (Lipinski definition) is 4. The minimum atomic E-state index is -3.18. The Hall–Kier alpha value is -2.12. The topological polar surface area (TPSA) is 75.7 Å². The normalized spacial score (nSPS) is 25.4. The Morgan fingerprint density at radius 3 is 2.44 bits per heavy atom. The molecule has 7 heteroatoms. The van der Waals surface area contributed by atoms with Gasteiger partial charge >= 0.3 is 0 Å². The van der Waals surface area contributed by atoms with Crippen molar-refractivity contribution >= 4 is 26.7 Å². The van der Waals surface area contributed by atoms with Crippen LogP contribution in [0, 0.1) is 0 Å². The zero-order chi connectivity index (χ0) is 19.0. The van der Waals surface area contributed by atoms with Gasteiger partial charge in [-0.2, -0.15) is 4.31 Å². The van der Waals surface area contributed by atoms with Crippen molar-refractivity contribution in [2.75, 3.05) is 12.9 Å². The van der Waals surface area contributed by atoms with Crippen LogP contribution in [-0.4, -0.2) is 49.6 Å². The molecule has 2 aromatic carbocycles. The summed E-state index contributed by atoms with van der Waals surface area (Å²) in [5, 5.41) is 5.21. The van der Waals surface area contributed by atoms with Crippen LogP contribution in [0.4, 0.5) is 0 Å². The fourth-order valence-corrected chi connectivity index (χ4v) is 5.93. The van der Waals surface area contributed by atoms with Crippen LogP contribution in [-0.2, 0) is 14.8 Å². The second-order valence-electron chi connectivity index (χ2n) is 7.51. The van der Waals surface area contributed by atoms with Gasteiger partial charge in [-0.25, -0.2) is 8.42 Å². The molecule has 1 N–H and O–H groups in total. The third kappa shape index (κ3) is 3.94. The molecule has 0 radical (unpaired) electrons. The molecule has 2 bridgehead atoms. The van der Waals surface area contributed by atoms with Crippen molar-refractivity contribution in [2.24, 2.45) is 0 Å². The van der Waals surface area contributed by atoms with E-state index in [9.17, 15) is 13.2 Å². The molecule has 2 aliphatic rings. The fourth-order valence-electron chi connectivity index (χ4n) is 4.47. The Labute approximate surface area is 159 Å². The van der Waals surface area contributed by atoms with Crippen molar-refractivity contribution in [3.63, 3.8) is 0 Å². The number of ether oxygens (including phenoxy) is 1. The number of hydrogen-bond donors (Lipinski definition) is 1. The van der Waals surface area contributed by atoms with Gasteiger partial charge in [0.1, 0.15) is 5.75 Å². The van der Waals surface area contributed by atoms with E-state index in [-0.39, 0.29) is 30.6 Å². The van der Waals surface area contributed by atoms with Crippen LogP contribution < -0.4 is 10.1 Å². The maximum atomic E-state index is 12.3. The zero-order valence-corrected chi connectivity index (χ0v) is 16.1. The van der Waals surface area contributed by atoms with Gasteiger partial charge in [-0.05, 0) is 48.6 Å². The minimum absolute atomic E-state index is 0.00505. The molecule has 2 saturated heterocycles. The highest BCUT2D eigenvalue weighted by atomic mass is 32.2. The highest BCUT2D eigenvalue weighted by Gasteiger charge is 2.45. The molecule has 4 rings (SSSR count). The summed E-state index contributed by atoms with van der Waals surface area (Å²) in [6.45, 7) is -0.0417. The van der Waals surface area contributed by atoms with Crippen LogP contribution in [0.5, 0.6) is 5.75 Å². The van der Waals surface area contributed by atoms with Crippen molar-refractivity contribution in [2.45, 2.75) is 43.8 Å². The number of carbonyl (C=O) groups is 1. The molecule has 0 saturated carbocycles. The molecular formula is C20H24N2O4S. The summed E-state index contributed by atoms with van der Waals surface area (Å²) in [4.78, 5) is 12.3. The van der Waals surface area contributed by atoms with Crippen molar-refractivity contribution in [1.82, 2.24) is 9.62 Å². The number of fused-ring (bicyclic) bond motifs is 3. The smallest absolute Gasteiger partial charge is 0.258 e. The van der Waals surface area contributed by atoms with Gasteiger partial charge in [0.15, 0.2) is 6.61 Å². The summed E-state index contributed by atoms with van der Waals surface area (Å²) in [5.74, 6) is 0.496. The average molecular weight is 388 g/mol. The Morgan fingerprint density at radius 1 is 1.11 bits per heavy atom. The quantitative estimate of drug-likeness (QED) is 0.853. The molecule has 2 fully saturated rings. The summed E-state index contributed by atoms with van der Waals surface area (Å²) in [7, 11) is -3.18. The third-order valence-electron chi connectivity index (χ3n) is 5.51. The first-order valence-electron chi connectivity index (χ1n) is 9.29. The molecule has 2 heterocycles. The molecule has 6 nitrogen and oxygen atoms in total. The van der Waals surface area contributed by atoms with Crippen molar-refractivity contribution in [3.05, 3.63) is 42.5 Å². The number of amides is 1. The first kappa shape index (κ1) is 18.3. The Bertz CT molecular complexity index is 945. The van der Waals surface area contributed by atoms with Gasteiger partial charge in [0, 0.05) is 18.1 Å². The Morgan fingerprint density at radius 2 is 1.78 bits per heavy atom. The molecule has 27 heavy (non-hydrogen) atoms. The highest BCUT2D eigenvalue weighted by molar-refractivity contribution is 7.88. The SMILES string of the molecule is CS(=O)(=O)N1C2CCC1CC(NC(=O)COc1ccc3ccccc3c1)C2. The monoisotopic (exact) mass is 388 g/mol. The molecule has 1 amide bonds. The van der Waals surface area contributed by atoms with Crippen molar-refractivity contribution in [1.29, 1.82) is 0 Å². The summed E-state index contributed by atoms with van der Waals surface area (Å²) in [5.41, 5.74) is 0. The van der Waals surface area contributed by atoms with Gasteiger partial charge in [-0.1, -0.05) is 30.3 Å². The number of sulfonamides is 1. The minimum Gasteiger partial charge on any atom is -0.484 e. The van der Waals surface area contributed by atoms with Crippen LogP contribution in [0.25, 0.3) is 10.8 Å². The standard InChI is InChI=1S/C20H24N2O4S/c1-27(24,25)22-17-7-8-18(22)12-16(11-17)21-20(23)13-26-19-9-6-14-4-2-3-5-15(14)10-19/h2-6,9-10,16-18H,7-8,11-13H2,1H3,(H,21,23). The highest BCUT2D eigenvalue weighted by Crippen LogP contribution is 2.37. The van der Waals surface area contributed by atoms with Gasteiger partial charge in [0.05, 0.1) is 6.26 Å². The van der Waals surface area contributed by atoms with E-state index in [1.54, 1.807) is 4.31 Å². The lowest BCUT2D eigenvalue weighted by molar-refractivity contribution is -0.124. The van der Waals surface area contributed by atoms with Crippen LogP contribution in [0.2, 0.25) is 0 Å². The van der Waals surface area contributed by atoms with Crippen LogP contribution in [0.15, 0.2) is 42.5 Å². The number of rotatable bonds is 5. The average Bonchev–Trinajstić information content (AvgIpc) is 2.92. The maximum absolute atomic E-state index is 12.3. The van der Waals surface area contributed by atoms with E-state index in [0.29, 0.717) is 18.6 Å². The van der Waals surface area contributed by atoms with Crippen molar-refractivity contribution in [3.8, 4) is 5.75 Å². The number of nitrogens with zero attached hydrogens (tertiary/aromatic N) is 1. The van der Waals surface area contributed by atoms with Crippen molar-refractivity contribution < 1.29 is 17.9 Å². The molecule has 0 aliphatic carbocycles. The lowest BCUT2D eigenvalue weighted by atomic mass is 10.00. The van der Waals surface area contributed by atoms with E-state index in [2.05, 4.69) is 5.32 Å². The molecule has 0 spiro atoms. The van der Waals surface area contributed by atoms with Gasteiger partial charge in [0.2, 0.25) is 10.0 Å². The lowest BCUT2D eigenvalue weighted by Gasteiger charge is -2.37. The third-order valence-corrected chi connectivity index (χ3v) is 6.87. The second-order valence-corrected chi connectivity index (χ2v) is 9.40. The van der Waals surface area contributed by atoms with Crippen LogP contribution in [0.1, 0.15) is 25.7 Å². The van der Waals surface area contributed by atoms with Crippen LogP contribution >= 0.6 is 0 Å². The number of carbonyl (C=O) groups excluding carboxylic acids is 1. The predicted molar refractivity (Wildman–Crippen MR) is 104 cm³/mol. The van der Waals surface area contributed by atoms with E-state index >= 15 is 0 Å². The lowest BCUT2D eigenvalue weighted by Crippen LogP contribution is -2.52. The molecular weight excluding hydrogens is 364 g/mol. The van der Waals surface area contributed by atoms with Gasteiger partial charge in [-0.3, -0.25) is 4.79 Å². The largest absolute Gasteiger partial charge is 0.484 e. The van der Waals surface area contributed by atoms with Gasteiger partial charge < -0.3 is 10.1 Å². The zero-order valence-electron chi connectivity index (χ0n) is 15.3.